The Kier molecular flexibility index (Phi) is 0.571. The maximum atomic E-state index is 3.85. The molecule has 1 heteroatoms. The molecular formula is C6H10N. The molecule has 0 N–H and O–H groups in total. The van der Waals surface area contributed by atoms with Crippen molar-refractivity contribution in [2.75, 3.05) is 13.1 Å². The number of hydrogen-bond donors (Lipinski definition) is 0. The van der Waals surface area contributed by atoms with Crippen molar-refractivity contribution in [1.29, 1.82) is 0 Å². The normalized spacial score (nSPS) is 49.3. The van der Waals surface area contributed by atoms with Gasteiger partial charge in [0.1, 0.15) is 0 Å². The molecular weight excluding hydrogens is 86.1 g/mol. The van der Waals surface area contributed by atoms with E-state index in [1.807, 2.05) is 0 Å². The fourth-order valence-electron chi connectivity index (χ4n) is 1.50. The summed E-state index contributed by atoms with van der Waals surface area (Å²) in [7, 11) is 3.85. The van der Waals surface area contributed by atoms with Gasteiger partial charge in [-0.3, -0.25) is 0 Å². The van der Waals surface area contributed by atoms with E-state index in [-0.39, 0.29) is 0 Å². The fraction of sp³-hybridized carbons (Fsp3) is 0.833. The number of rotatable bonds is 0. The zero-order chi connectivity index (χ0) is 4.85. The summed E-state index contributed by atoms with van der Waals surface area (Å²) in [4.78, 5) is 2.18. The molecule has 0 aromatic carbocycles. The standard InChI is InChI=1S/C6H10N/c1-7-3-5-2-6(5)4-7/h5-6H,1-4H2. The summed E-state index contributed by atoms with van der Waals surface area (Å²) in [5.74, 6) is 2.11. The van der Waals surface area contributed by atoms with E-state index >= 15 is 0 Å². The van der Waals surface area contributed by atoms with Crippen LogP contribution in [0.3, 0.4) is 0 Å². The van der Waals surface area contributed by atoms with Gasteiger partial charge in [-0.25, -0.2) is 0 Å². The molecule has 1 nitrogen and oxygen atoms in total. The molecule has 1 saturated carbocycles. The van der Waals surface area contributed by atoms with Crippen LogP contribution < -0.4 is 0 Å². The monoisotopic (exact) mass is 96.1 g/mol. The average Bonchev–Trinajstić information content (AvgIpc) is 2.15. The van der Waals surface area contributed by atoms with Gasteiger partial charge in [0, 0.05) is 20.1 Å². The van der Waals surface area contributed by atoms with E-state index in [9.17, 15) is 0 Å². The molecule has 2 atom stereocenters. The van der Waals surface area contributed by atoms with Gasteiger partial charge in [0.15, 0.2) is 0 Å². The van der Waals surface area contributed by atoms with E-state index < -0.39 is 0 Å². The van der Waals surface area contributed by atoms with Gasteiger partial charge in [-0.15, -0.1) is 0 Å². The fourth-order valence-corrected chi connectivity index (χ4v) is 1.50. The maximum Gasteiger partial charge on any atom is 0.0110 e. The Morgan fingerprint density at radius 1 is 1.29 bits per heavy atom. The van der Waals surface area contributed by atoms with Crippen LogP contribution in [-0.2, 0) is 0 Å². The lowest BCUT2D eigenvalue weighted by Gasteiger charge is -2.06. The minimum Gasteiger partial charge on any atom is -0.301 e. The minimum atomic E-state index is 1.05. The SMILES string of the molecule is [CH2]N1CC2CC2C1. The van der Waals surface area contributed by atoms with E-state index in [1.54, 1.807) is 0 Å². The third-order valence-electron chi connectivity index (χ3n) is 2.05. The minimum absolute atomic E-state index is 1.05. The summed E-state index contributed by atoms with van der Waals surface area (Å²) in [6, 6.07) is 0. The Labute approximate surface area is 44.3 Å². The highest BCUT2D eigenvalue weighted by Crippen LogP contribution is 2.44. The van der Waals surface area contributed by atoms with Crippen molar-refractivity contribution in [3.8, 4) is 0 Å². The average molecular weight is 96.2 g/mol. The molecule has 0 aromatic rings. The maximum absolute atomic E-state index is 3.85. The molecule has 2 fully saturated rings. The van der Waals surface area contributed by atoms with Gasteiger partial charge in [-0.05, 0) is 18.3 Å². The van der Waals surface area contributed by atoms with Crippen molar-refractivity contribution in [3.63, 3.8) is 0 Å². The molecule has 1 radical (unpaired) electrons. The second-order valence-corrected chi connectivity index (χ2v) is 2.79. The second kappa shape index (κ2) is 1.03. The smallest absolute Gasteiger partial charge is 0.0110 e. The summed E-state index contributed by atoms with van der Waals surface area (Å²) in [5.41, 5.74) is 0. The van der Waals surface area contributed by atoms with Gasteiger partial charge < -0.3 is 4.90 Å². The zero-order valence-electron chi connectivity index (χ0n) is 4.43. The molecule has 2 aliphatic rings. The van der Waals surface area contributed by atoms with Crippen LogP contribution >= 0.6 is 0 Å². The molecule has 7 heavy (non-hydrogen) atoms. The first-order chi connectivity index (χ1) is 3.36. The Bertz CT molecular complexity index is 80.2. The summed E-state index contributed by atoms with van der Waals surface area (Å²) in [6.45, 7) is 2.54. The van der Waals surface area contributed by atoms with E-state index in [4.69, 9.17) is 0 Å². The van der Waals surface area contributed by atoms with Crippen molar-refractivity contribution in [2.24, 2.45) is 11.8 Å². The van der Waals surface area contributed by atoms with Crippen LogP contribution in [0.5, 0.6) is 0 Å². The van der Waals surface area contributed by atoms with E-state index in [1.165, 1.54) is 19.5 Å². The largest absolute Gasteiger partial charge is 0.301 e. The van der Waals surface area contributed by atoms with Crippen molar-refractivity contribution in [3.05, 3.63) is 7.05 Å². The van der Waals surface area contributed by atoms with Gasteiger partial charge in [0.05, 0.1) is 0 Å². The summed E-state index contributed by atoms with van der Waals surface area (Å²) >= 11 is 0. The van der Waals surface area contributed by atoms with Crippen LogP contribution in [0.25, 0.3) is 0 Å². The number of nitrogens with zero attached hydrogens (tertiary/aromatic N) is 1. The molecule has 2 unspecified atom stereocenters. The van der Waals surface area contributed by atoms with Crippen molar-refractivity contribution in [2.45, 2.75) is 6.42 Å². The third kappa shape index (κ3) is 0.480. The summed E-state index contributed by atoms with van der Waals surface area (Å²) in [5, 5.41) is 0. The Hall–Kier alpha value is -0.0400. The zero-order valence-corrected chi connectivity index (χ0v) is 4.43. The second-order valence-electron chi connectivity index (χ2n) is 2.79. The van der Waals surface area contributed by atoms with Crippen LogP contribution in [0, 0.1) is 18.9 Å². The first-order valence-corrected chi connectivity index (χ1v) is 2.92. The summed E-state index contributed by atoms with van der Waals surface area (Å²) in [6.07, 6.45) is 1.49. The van der Waals surface area contributed by atoms with E-state index in [2.05, 4.69) is 11.9 Å². The number of likely N-dealkylation sites (tertiary alicyclic amines) is 1. The number of piperidine rings is 1. The highest BCUT2D eigenvalue weighted by atomic mass is 15.1. The highest BCUT2D eigenvalue weighted by molar-refractivity contribution is 4.96. The van der Waals surface area contributed by atoms with E-state index in [0.29, 0.717) is 0 Å². The molecule has 0 amide bonds. The summed E-state index contributed by atoms with van der Waals surface area (Å²) < 4.78 is 0. The number of fused-ring (bicyclic) bond motifs is 1. The molecule has 1 saturated heterocycles. The molecule has 39 valence electrons. The van der Waals surface area contributed by atoms with Crippen molar-refractivity contribution >= 4 is 0 Å². The third-order valence-corrected chi connectivity index (χ3v) is 2.05. The molecule has 1 aliphatic carbocycles. The lowest BCUT2D eigenvalue weighted by Crippen LogP contribution is -2.12. The van der Waals surface area contributed by atoms with Crippen LogP contribution in [-0.4, -0.2) is 18.0 Å². The van der Waals surface area contributed by atoms with Crippen LogP contribution in [0.2, 0.25) is 0 Å². The van der Waals surface area contributed by atoms with Crippen LogP contribution in [0.4, 0.5) is 0 Å². The topological polar surface area (TPSA) is 3.24 Å². The molecule has 1 aliphatic heterocycles. The van der Waals surface area contributed by atoms with Gasteiger partial charge in [0.2, 0.25) is 0 Å². The Balaban J connectivity index is 2.02. The first-order valence-electron chi connectivity index (χ1n) is 2.92. The van der Waals surface area contributed by atoms with Gasteiger partial charge >= 0.3 is 0 Å². The van der Waals surface area contributed by atoms with Crippen molar-refractivity contribution < 1.29 is 0 Å². The van der Waals surface area contributed by atoms with Crippen LogP contribution in [0.1, 0.15) is 6.42 Å². The number of hydrogen-bond acceptors (Lipinski definition) is 1. The molecule has 0 bridgehead atoms. The quantitative estimate of drug-likeness (QED) is 0.429. The lowest BCUT2D eigenvalue weighted by atomic mass is 10.4. The van der Waals surface area contributed by atoms with Crippen LogP contribution in [0.15, 0.2) is 0 Å². The Morgan fingerprint density at radius 3 is 2.14 bits per heavy atom. The predicted octanol–water partition coefficient (Wildman–Crippen LogP) is 0.730. The first kappa shape index (κ1) is 3.90. The molecule has 0 aromatic heterocycles. The highest BCUT2D eigenvalue weighted by Gasteiger charge is 2.43. The Morgan fingerprint density at radius 2 is 1.86 bits per heavy atom. The molecule has 2 rings (SSSR count). The van der Waals surface area contributed by atoms with Gasteiger partial charge in [-0.2, -0.15) is 0 Å². The van der Waals surface area contributed by atoms with Gasteiger partial charge in [0.25, 0.3) is 0 Å². The van der Waals surface area contributed by atoms with Crippen molar-refractivity contribution in [1.82, 2.24) is 4.90 Å². The van der Waals surface area contributed by atoms with E-state index in [0.717, 1.165) is 11.8 Å². The molecule has 1 heterocycles. The lowest BCUT2D eigenvalue weighted by molar-refractivity contribution is 0.411. The predicted molar refractivity (Wildman–Crippen MR) is 28.5 cm³/mol. The van der Waals surface area contributed by atoms with Gasteiger partial charge in [-0.1, -0.05) is 0 Å². The molecule has 0 spiro atoms.